The van der Waals surface area contributed by atoms with Crippen molar-refractivity contribution >= 4 is 22.5 Å². The van der Waals surface area contributed by atoms with Gasteiger partial charge in [0.2, 0.25) is 0 Å². The van der Waals surface area contributed by atoms with E-state index >= 15 is 0 Å². The van der Waals surface area contributed by atoms with Crippen LogP contribution in [0.1, 0.15) is 88.0 Å². The molecule has 4 heteroatoms. The van der Waals surface area contributed by atoms with E-state index in [1.54, 1.807) is 0 Å². The van der Waals surface area contributed by atoms with E-state index in [0.29, 0.717) is 0 Å². The quantitative estimate of drug-likeness (QED) is 0.249. The monoisotopic (exact) mass is 492 g/mol. The molecule has 4 rings (SSSR count). The summed E-state index contributed by atoms with van der Waals surface area (Å²) in [5.41, 5.74) is 6.90. The van der Waals surface area contributed by atoms with Crippen LogP contribution in [-0.4, -0.2) is 29.2 Å². The van der Waals surface area contributed by atoms with Gasteiger partial charge in [0, 0.05) is 29.1 Å². The van der Waals surface area contributed by atoms with E-state index in [1.165, 1.54) is 67.0 Å². The van der Waals surface area contributed by atoms with Crippen LogP contribution < -0.4 is 0 Å². The smallest absolute Gasteiger partial charge is 0.111 e. The Morgan fingerprint density at radius 2 is 1.69 bits per heavy atom. The summed E-state index contributed by atoms with van der Waals surface area (Å²) in [5.74, 6) is 0. The summed E-state index contributed by atoms with van der Waals surface area (Å²) < 4.78 is 6.84. The summed E-state index contributed by atoms with van der Waals surface area (Å²) in [5, 5.41) is 1.97. The molecule has 0 bridgehead atoms. The molecule has 1 aliphatic heterocycles. The third-order valence-corrected chi connectivity index (χ3v) is 7.50. The Bertz CT molecular complexity index is 1110. The Kier molecular flexibility index (Phi) is 9.21. The molecule has 0 saturated carbocycles. The molecule has 3 nitrogen and oxygen atoms in total. The first-order valence-electron chi connectivity index (χ1n) is 13.6. The van der Waals surface area contributed by atoms with Gasteiger partial charge in [-0.2, -0.15) is 0 Å². The molecule has 2 atom stereocenters. The highest BCUT2D eigenvalue weighted by molar-refractivity contribution is 6.30. The predicted octanol–water partition coefficient (Wildman–Crippen LogP) is 9.03. The van der Waals surface area contributed by atoms with Crippen molar-refractivity contribution in [3.63, 3.8) is 0 Å². The number of rotatable bonds is 11. The highest BCUT2D eigenvalue weighted by Gasteiger charge is 2.34. The van der Waals surface area contributed by atoms with Gasteiger partial charge in [0.25, 0.3) is 0 Å². The Morgan fingerprint density at radius 1 is 0.943 bits per heavy atom. The zero-order valence-corrected chi connectivity index (χ0v) is 22.7. The molecular formula is C31H41ClN2O. The molecule has 0 radical (unpaired) electrons. The number of nitrogens with zero attached hydrogens (tertiary/aromatic N) is 2. The number of hydrogen-bond acceptors (Lipinski definition) is 3. The topological polar surface area (TPSA) is 25.4 Å². The lowest BCUT2D eigenvalue weighted by Crippen LogP contribution is -2.31. The zero-order chi connectivity index (χ0) is 24.8. The third kappa shape index (κ3) is 6.44. The first-order valence-corrected chi connectivity index (χ1v) is 13.9. The van der Waals surface area contributed by atoms with Crippen LogP contribution in [-0.2, 0) is 4.74 Å². The minimum atomic E-state index is 0.0604. The van der Waals surface area contributed by atoms with Crippen LogP contribution in [0.15, 0.2) is 42.5 Å². The second-order valence-corrected chi connectivity index (χ2v) is 10.6. The van der Waals surface area contributed by atoms with Crippen LogP contribution in [0.2, 0.25) is 5.02 Å². The van der Waals surface area contributed by atoms with Crippen molar-refractivity contribution in [2.75, 3.05) is 13.1 Å². The van der Waals surface area contributed by atoms with Crippen molar-refractivity contribution in [1.82, 2.24) is 9.88 Å². The van der Waals surface area contributed by atoms with E-state index in [4.69, 9.17) is 21.3 Å². The molecule has 0 aliphatic carbocycles. The first kappa shape index (κ1) is 26.1. The lowest BCUT2D eigenvalue weighted by Gasteiger charge is -2.22. The minimum Gasteiger partial charge on any atom is -0.354 e. The summed E-state index contributed by atoms with van der Waals surface area (Å²) in [4.78, 5) is 7.69. The van der Waals surface area contributed by atoms with Crippen molar-refractivity contribution < 1.29 is 4.74 Å². The number of benzene rings is 2. The van der Waals surface area contributed by atoms with Crippen molar-refractivity contribution in [3.8, 4) is 11.3 Å². The van der Waals surface area contributed by atoms with Crippen molar-refractivity contribution in [1.29, 1.82) is 0 Å². The highest BCUT2D eigenvalue weighted by atomic mass is 35.5. The van der Waals surface area contributed by atoms with Gasteiger partial charge in [-0.25, -0.2) is 4.98 Å². The molecule has 0 spiro atoms. The van der Waals surface area contributed by atoms with Crippen molar-refractivity contribution in [3.05, 3.63) is 64.2 Å². The summed E-state index contributed by atoms with van der Waals surface area (Å²) in [6.45, 7) is 10.9. The molecule has 1 aromatic heterocycles. The summed E-state index contributed by atoms with van der Waals surface area (Å²) in [7, 11) is 0. The summed E-state index contributed by atoms with van der Waals surface area (Å²) >= 11 is 6.17. The third-order valence-electron chi connectivity index (χ3n) is 7.25. The second kappa shape index (κ2) is 12.3. The van der Waals surface area contributed by atoms with Crippen LogP contribution in [0.25, 0.3) is 22.2 Å². The molecule has 2 unspecified atom stereocenters. The van der Waals surface area contributed by atoms with Gasteiger partial charge >= 0.3 is 0 Å². The summed E-state index contributed by atoms with van der Waals surface area (Å²) in [6, 6.07) is 14.8. The number of fused-ring (bicyclic) bond motifs is 1. The van der Waals surface area contributed by atoms with E-state index in [1.807, 2.05) is 12.1 Å². The normalized spacial score (nSPS) is 18.5. The number of unbranched alkanes of at least 4 members (excludes halogenated alkanes) is 5. The van der Waals surface area contributed by atoms with E-state index in [9.17, 15) is 0 Å². The molecule has 1 saturated heterocycles. The Hall–Kier alpha value is -1.94. The lowest BCUT2D eigenvalue weighted by molar-refractivity contribution is -0.00734. The van der Waals surface area contributed by atoms with E-state index in [-0.39, 0.29) is 12.3 Å². The van der Waals surface area contributed by atoms with Crippen LogP contribution in [0, 0.1) is 13.8 Å². The van der Waals surface area contributed by atoms with Gasteiger partial charge in [0.15, 0.2) is 0 Å². The average Bonchev–Trinajstić information content (AvgIpc) is 3.25. The van der Waals surface area contributed by atoms with Crippen LogP contribution in [0.3, 0.4) is 0 Å². The standard InChI is InChI=1S/C31H41ClN2O/c1-5-7-9-10-11-12-30-34(17-8-6-2)21-29(35-30)26-20-28(24-13-15-25(32)16-14-24)33-31-23(4)18-22(3)19-27(26)31/h13-16,18-20,29-30H,5-12,17,21H2,1-4H3. The number of hydrogen-bond donors (Lipinski definition) is 0. The van der Waals surface area contributed by atoms with E-state index in [0.717, 1.165) is 41.3 Å². The number of ether oxygens (including phenoxy) is 1. The van der Waals surface area contributed by atoms with Gasteiger partial charge in [-0.1, -0.05) is 81.3 Å². The average molecular weight is 493 g/mol. The number of aryl methyl sites for hydroxylation is 2. The molecule has 1 fully saturated rings. The zero-order valence-electron chi connectivity index (χ0n) is 21.9. The van der Waals surface area contributed by atoms with E-state index in [2.05, 4.69) is 62.9 Å². The maximum Gasteiger partial charge on any atom is 0.111 e. The fourth-order valence-corrected chi connectivity index (χ4v) is 5.46. The molecule has 35 heavy (non-hydrogen) atoms. The van der Waals surface area contributed by atoms with E-state index < -0.39 is 0 Å². The summed E-state index contributed by atoms with van der Waals surface area (Å²) in [6.07, 6.45) is 10.3. The largest absolute Gasteiger partial charge is 0.354 e. The van der Waals surface area contributed by atoms with Crippen molar-refractivity contribution in [2.45, 2.75) is 91.4 Å². The van der Waals surface area contributed by atoms with Gasteiger partial charge in [-0.3, -0.25) is 4.90 Å². The van der Waals surface area contributed by atoms with Gasteiger partial charge in [0.05, 0.1) is 17.3 Å². The molecule has 0 N–H and O–H groups in total. The molecule has 188 valence electrons. The van der Waals surface area contributed by atoms with Gasteiger partial charge in [-0.15, -0.1) is 0 Å². The molecular weight excluding hydrogens is 452 g/mol. The van der Waals surface area contributed by atoms with Gasteiger partial charge in [0.1, 0.15) is 6.23 Å². The minimum absolute atomic E-state index is 0.0604. The molecule has 3 aromatic rings. The van der Waals surface area contributed by atoms with Crippen molar-refractivity contribution in [2.24, 2.45) is 0 Å². The Morgan fingerprint density at radius 3 is 2.43 bits per heavy atom. The fourth-order valence-electron chi connectivity index (χ4n) is 5.33. The van der Waals surface area contributed by atoms with Crippen LogP contribution in [0.4, 0.5) is 0 Å². The Labute approximate surface area is 216 Å². The maximum atomic E-state index is 6.84. The molecule has 1 aliphatic rings. The van der Waals surface area contributed by atoms with Gasteiger partial charge < -0.3 is 4.74 Å². The number of halogens is 1. The fraction of sp³-hybridized carbons (Fsp3) is 0.516. The molecule has 2 aromatic carbocycles. The predicted molar refractivity (Wildman–Crippen MR) is 149 cm³/mol. The number of pyridine rings is 1. The molecule has 2 heterocycles. The first-order chi connectivity index (χ1) is 17.0. The van der Waals surface area contributed by atoms with Gasteiger partial charge in [-0.05, 0) is 68.5 Å². The highest BCUT2D eigenvalue weighted by Crippen LogP contribution is 2.38. The maximum absolute atomic E-state index is 6.84. The molecule has 0 amide bonds. The van der Waals surface area contributed by atoms with Crippen LogP contribution in [0.5, 0.6) is 0 Å². The lowest BCUT2D eigenvalue weighted by atomic mass is 9.97. The SMILES string of the molecule is CCCCCCCC1OC(c2cc(-c3ccc(Cl)cc3)nc3c(C)cc(C)cc23)CN1CCCC. The number of aromatic nitrogens is 1. The Balaban J connectivity index is 1.67. The van der Waals surface area contributed by atoms with Crippen LogP contribution >= 0.6 is 11.6 Å². The second-order valence-electron chi connectivity index (χ2n) is 10.2.